The average Bonchev–Trinajstić information content (AvgIpc) is 3.46. The van der Waals surface area contributed by atoms with Gasteiger partial charge < -0.3 is 20.7 Å². The van der Waals surface area contributed by atoms with Crippen LogP contribution < -0.4 is 10.5 Å². The highest BCUT2D eigenvalue weighted by atomic mass is 19.1. The molecule has 2 atom stereocenters. The molecular weight excluding hydrogens is 351 g/mol. The number of rotatable bonds is 5. The van der Waals surface area contributed by atoms with Gasteiger partial charge in [0.15, 0.2) is 0 Å². The number of hydrogen-bond acceptors (Lipinski definition) is 5. The van der Waals surface area contributed by atoms with Crippen LogP contribution in [-0.2, 0) is 15.8 Å². The number of carbonyl (C=O) groups excluding carboxylic acids is 1. The van der Waals surface area contributed by atoms with Crippen molar-refractivity contribution in [3.63, 3.8) is 0 Å². The van der Waals surface area contributed by atoms with Gasteiger partial charge in [-0.1, -0.05) is 0 Å². The summed E-state index contributed by atoms with van der Waals surface area (Å²) >= 11 is 0. The van der Waals surface area contributed by atoms with Gasteiger partial charge in [-0.15, -0.1) is 0 Å². The lowest BCUT2D eigenvalue weighted by molar-refractivity contribution is -0.123. The Labute approximate surface area is 155 Å². The lowest BCUT2D eigenvalue weighted by atomic mass is 9.81. The van der Waals surface area contributed by atoms with E-state index in [2.05, 4.69) is 4.98 Å². The predicted molar refractivity (Wildman–Crippen MR) is 95.4 cm³/mol. The van der Waals surface area contributed by atoms with Crippen LogP contribution in [-0.4, -0.2) is 34.3 Å². The van der Waals surface area contributed by atoms with Gasteiger partial charge >= 0.3 is 0 Å². The zero-order chi connectivity index (χ0) is 19.4. The molecule has 0 radical (unpaired) electrons. The minimum atomic E-state index is -1.51. The standard InChI is InChI=1S/C20H21FN2O4/c1-19(18(22)25)10-27-17-14(19)8-15(20(26,9-24)12-4-5-12)23-16(17)11-2-6-13(21)7-3-11/h2-3,6-8,12,24,26H,4-5,9-10H2,1H3,(H2,22,25)/t19-,20+/m0/s1. The van der Waals surface area contributed by atoms with E-state index in [1.54, 1.807) is 25.1 Å². The Morgan fingerprint density at radius 3 is 2.63 bits per heavy atom. The number of fused-ring (bicyclic) bond motifs is 1. The molecule has 27 heavy (non-hydrogen) atoms. The molecule has 4 rings (SSSR count). The number of primary amides is 1. The van der Waals surface area contributed by atoms with Gasteiger partial charge in [0.05, 0.1) is 12.3 Å². The van der Waals surface area contributed by atoms with Crippen LogP contribution in [0, 0.1) is 11.7 Å². The van der Waals surface area contributed by atoms with Crippen molar-refractivity contribution in [2.75, 3.05) is 13.2 Å². The number of nitrogens with two attached hydrogens (primary N) is 1. The predicted octanol–water partition coefficient (Wildman–Crippen LogP) is 1.61. The van der Waals surface area contributed by atoms with E-state index in [0.717, 1.165) is 12.8 Å². The van der Waals surface area contributed by atoms with E-state index in [0.29, 0.717) is 22.6 Å². The number of pyridine rings is 1. The van der Waals surface area contributed by atoms with Gasteiger partial charge in [0, 0.05) is 11.1 Å². The van der Waals surface area contributed by atoms with E-state index >= 15 is 0 Å². The second kappa shape index (κ2) is 6.00. The number of amides is 1. The maximum Gasteiger partial charge on any atom is 0.231 e. The van der Waals surface area contributed by atoms with Gasteiger partial charge in [-0.05, 0) is 56.0 Å². The first-order valence-corrected chi connectivity index (χ1v) is 8.87. The summed E-state index contributed by atoms with van der Waals surface area (Å²) in [5.74, 6) is -0.652. The molecule has 1 aromatic heterocycles. The largest absolute Gasteiger partial charge is 0.489 e. The van der Waals surface area contributed by atoms with Gasteiger partial charge in [-0.25, -0.2) is 9.37 Å². The third-order valence-electron chi connectivity index (χ3n) is 5.67. The molecule has 0 spiro atoms. The first-order chi connectivity index (χ1) is 12.8. The fourth-order valence-electron chi connectivity index (χ4n) is 3.59. The van der Waals surface area contributed by atoms with Crippen molar-refractivity contribution >= 4 is 5.91 Å². The number of aliphatic hydroxyl groups excluding tert-OH is 1. The Bertz CT molecular complexity index is 913. The van der Waals surface area contributed by atoms with E-state index in [4.69, 9.17) is 10.5 Å². The summed E-state index contributed by atoms with van der Waals surface area (Å²) < 4.78 is 19.1. The Morgan fingerprint density at radius 2 is 2.07 bits per heavy atom. The zero-order valence-electron chi connectivity index (χ0n) is 14.9. The summed E-state index contributed by atoms with van der Waals surface area (Å²) in [5, 5.41) is 20.9. The van der Waals surface area contributed by atoms with Crippen molar-refractivity contribution < 1.29 is 24.1 Å². The monoisotopic (exact) mass is 372 g/mol. The first kappa shape index (κ1) is 17.9. The number of hydrogen-bond donors (Lipinski definition) is 3. The average molecular weight is 372 g/mol. The van der Waals surface area contributed by atoms with Crippen LogP contribution in [0.3, 0.4) is 0 Å². The van der Waals surface area contributed by atoms with Crippen molar-refractivity contribution in [2.24, 2.45) is 11.7 Å². The lowest BCUT2D eigenvalue weighted by Crippen LogP contribution is -2.40. The van der Waals surface area contributed by atoms with Gasteiger partial charge in [0.2, 0.25) is 5.91 Å². The molecule has 7 heteroatoms. The molecule has 1 amide bonds. The number of carbonyl (C=O) groups is 1. The molecule has 1 aliphatic heterocycles. The first-order valence-electron chi connectivity index (χ1n) is 8.87. The van der Waals surface area contributed by atoms with Crippen LogP contribution in [0.4, 0.5) is 4.39 Å². The molecule has 0 bridgehead atoms. The molecule has 1 fully saturated rings. The summed E-state index contributed by atoms with van der Waals surface area (Å²) in [6.07, 6.45) is 1.57. The van der Waals surface area contributed by atoms with Crippen LogP contribution in [0.25, 0.3) is 11.3 Å². The van der Waals surface area contributed by atoms with E-state index in [-0.39, 0.29) is 24.0 Å². The molecule has 6 nitrogen and oxygen atoms in total. The van der Waals surface area contributed by atoms with E-state index < -0.39 is 23.5 Å². The molecule has 1 aromatic carbocycles. The summed E-state index contributed by atoms with van der Waals surface area (Å²) in [5.41, 5.74) is 4.79. The van der Waals surface area contributed by atoms with Gasteiger partial charge in [-0.2, -0.15) is 0 Å². The molecule has 1 saturated carbocycles. The van der Waals surface area contributed by atoms with Crippen LogP contribution in [0.1, 0.15) is 31.0 Å². The minimum absolute atomic E-state index is 0.0535. The second-order valence-electron chi connectivity index (χ2n) is 7.58. The SMILES string of the molecule is C[C@]1(C(N)=O)COc2c1cc([C@@](O)(CO)C1CC1)nc2-c1ccc(F)cc1. The number of benzene rings is 1. The second-order valence-corrected chi connectivity index (χ2v) is 7.58. The van der Waals surface area contributed by atoms with Gasteiger partial charge in [0.25, 0.3) is 0 Å². The highest BCUT2D eigenvalue weighted by Gasteiger charge is 2.49. The molecule has 2 heterocycles. The van der Waals surface area contributed by atoms with Crippen LogP contribution >= 0.6 is 0 Å². The maximum atomic E-state index is 13.4. The third kappa shape index (κ3) is 2.69. The smallest absolute Gasteiger partial charge is 0.231 e. The minimum Gasteiger partial charge on any atom is -0.489 e. The highest BCUT2D eigenvalue weighted by Crippen LogP contribution is 2.49. The Kier molecular flexibility index (Phi) is 3.98. The number of aliphatic hydroxyl groups is 2. The fraction of sp³-hybridized carbons (Fsp3) is 0.400. The van der Waals surface area contributed by atoms with Gasteiger partial charge in [0.1, 0.15) is 34.9 Å². The van der Waals surface area contributed by atoms with Crippen molar-refractivity contribution in [1.29, 1.82) is 0 Å². The molecule has 2 aromatic rings. The van der Waals surface area contributed by atoms with Crippen molar-refractivity contribution in [2.45, 2.75) is 30.8 Å². The molecular formula is C20H21FN2O4. The third-order valence-corrected chi connectivity index (χ3v) is 5.67. The van der Waals surface area contributed by atoms with Crippen LogP contribution in [0.2, 0.25) is 0 Å². The highest BCUT2D eigenvalue weighted by molar-refractivity contribution is 5.90. The molecule has 4 N–H and O–H groups in total. The van der Waals surface area contributed by atoms with Gasteiger partial charge in [-0.3, -0.25) is 4.79 Å². The zero-order valence-corrected chi connectivity index (χ0v) is 14.9. The maximum absolute atomic E-state index is 13.4. The molecule has 142 valence electrons. The molecule has 0 unspecified atom stereocenters. The van der Waals surface area contributed by atoms with Crippen molar-refractivity contribution in [3.05, 3.63) is 47.4 Å². The van der Waals surface area contributed by atoms with E-state index in [9.17, 15) is 19.4 Å². The van der Waals surface area contributed by atoms with Crippen LogP contribution in [0.15, 0.2) is 30.3 Å². The number of nitrogens with zero attached hydrogens (tertiary/aromatic N) is 1. The van der Waals surface area contributed by atoms with Crippen molar-refractivity contribution in [1.82, 2.24) is 4.98 Å². The van der Waals surface area contributed by atoms with E-state index in [1.807, 2.05) is 0 Å². The van der Waals surface area contributed by atoms with Crippen LogP contribution in [0.5, 0.6) is 5.75 Å². The molecule has 2 aliphatic rings. The topological polar surface area (TPSA) is 106 Å². The Balaban J connectivity index is 1.96. The summed E-state index contributed by atoms with van der Waals surface area (Å²) in [4.78, 5) is 16.7. The summed E-state index contributed by atoms with van der Waals surface area (Å²) in [6.45, 7) is 1.24. The van der Waals surface area contributed by atoms with E-state index in [1.165, 1.54) is 12.1 Å². The summed E-state index contributed by atoms with van der Waals surface area (Å²) in [7, 11) is 0. The fourth-order valence-corrected chi connectivity index (χ4v) is 3.59. The molecule has 0 saturated heterocycles. The Morgan fingerprint density at radius 1 is 1.41 bits per heavy atom. The normalized spacial score (nSPS) is 23.4. The number of halogens is 1. The van der Waals surface area contributed by atoms with Crippen molar-refractivity contribution in [3.8, 4) is 17.0 Å². The molecule has 1 aliphatic carbocycles. The summed E-state index contributed by atoms with van der Waals surface area (Å²) in [6, 6.07) is 7.32. The quantitative estimate of drug-likeness (QED) is 0.739. The number of aromatic nitrogens is 1. The lowest BCUT2D eigenvalue weighted by Gasteiger charge is -2.27. The Hall–Kier alpha value is -2.51. The number of ether oxygens (including phenoxy) is 1.